The van der Waals surface area contributed by atoms with E-state index in [9.17, 15) is 4.79 Å². The van der Waals surface area contributed by atoms with Crippen LogP contribution in [0.1, 0.15) is 35.9 Å². The summed E-state index contributed by atoms with van der Waals surface area (Å²) in [6.45, 7) is 4.19. The maximum atomic E-state index is 11.8. The van der Waals surface area contributed by atoms with Gasteiger partial charge in [-0.3, -0.25) is 0 Å². The first-order valence-corrected chi connectivity index (χ1v) is 7.15. The van der Waals surface area contributed by atoms with Crippen molar-refractivity contribution in [3.8, 4) is 0 Å². The second kappa shape index (κ2) is 6.18. The number of rotatable bonds is 4. The van der Waals surface area contributed by atoms with Crippen molar-refractivity contribution in [1.82, 2.24) is 9.55 Å². The molecule has 0 bridgehead atoms. The Balaban J connectivity index is 2.29. The predicted octanol–water partition coefficient (Wildman–Crippen LogP) is 3.27. The highest BCUT2D eigenvalue weighted by Crippen LogP contribution is 2.21. The average Bonchev–Trinajstić information content (AvgIpc) is 2.88. The van der Waals surface area contributed by atoms with Gasteiger partial charge in [0.1, 0.15) is 5.69 Å². The minimum absolute atomic E-state index is 0.0407. The predicted molar refractivity (Wildman–Crippen MR) is 81.2 cm³/mol. The third kappa shape index (κ3) is 3.15. The number of nitrogens with zero attached hydrogens (tertiary/aromatic N) is 2. The van der Waals surface area contributed by atoms with E-state index in [4.69, 9.17) is 4.74 Å². The zero-order chi connectivity index (χ0) is 13.8. The van der Waals surface area contributed by atoms with Crippen LogP contribution in [-0.2, 0) is 4.74 Å². The number of esters is 1. The first kappa shape index (κ1) is 14.0. The van der Waals surface area contributed by atoms with Crippen molar-refractivity contribution in [1.29, 1.82) is 0 Å². The van der Waals surface area contributed by atoms with Crippen LogP contribution in [0.25, 0.3) is 0 Å². The molecule has 4 nitrogen and oxygen atoms in total. The van der Waals surface area contributed by atoms with Crippen LogP contribution in [-0.4, -0.2) is 22.1 Å². The van der Waals surface area contributed by atoms with Crippen LogP contribution < -0.4 is 0 Å². The number of benzene rings is 1. The van der Waals surface area contributed by atoms with E-state index >= 15 is 0 Å². The molecule has 0 aliphatic rings. The van der Waals surface area contributed by atoms with Gasteiger partial charge in [0, 0.05) is 3.57 Å². The second-order valence-electron chi connectivity index (χ2n) is 4.13. The maximum absolute atomic E-state index is 11.8. The zero-order valence-electron chi connectivity index (χ0n) is 10.8. The van der Waals surface area contributed by atoms with Gasteiger partial charge < -0.3 is 9.30 Å². The number of ether oxygens (including phenoxy) is 1. The summed E-state index contributed by atoms with van der Waals surface area (Å²) >= 11 is 2.27. The Kier molecular flexibility index (Phi) is 4.57. The number of carbonyl (C=O) groups excluding carboxylic acids is 1. The van der Waals surface area contributed by atoms with Crippen molar-refractivity contribution in [3.05, 3.63) is 51.6 Å². The van der Waals surface area contributed by atoms with Crippen LogP contribution in [0.3, 0.4) is 0 Å². The normalized spacial score (nSPS) is 12.2. The number of aromatic nitrogens is 2. The number of hydrogen-bond acceptors (Lipinski definition) is 3. The van der Waals surface area contributed by atoms with Gasteiger partial charge >= 0.3 is 5.97 Å². The topological polar surface area (TPSA) is 44.1 Å². The van der Waals surface area contributed by atoms with Gasteiger partial charge in [0.05, 0.1) is 25.2 Å². The largest absolute Gasteiger partial charge is 0.461 e. The maximum Gasteiger partial charge on any atom is 0.356 e. The van der Waals surface area contributed by atoms with E-state index in [1.165, 1.54) is 3.57 Å². The highest BCUT2D eigenvalue weighted by Gasteiger charge is 2.17. The monoisotopic (exact) mass is 370 g/mol. The van der Waals surface area contributed by atoms with Crippen molar-refractivity contribution in [2.45, 2.75) is 19.9 Å². The molecule has 100 valence electrons. The van der Waals surface area contributed by atoms with Gasteiger partial charge in [-0.1, -0.05) is 12.1 Å². The minimum atomic E-state index is -0.336. The summed E-state index contributed by atoms with van der Waals surface area (Å²) in [4.78, 5) is 15.9. The van der Waals surface area contributed by atoms with Crippen LogP contribution in [0.4, 0.5) is 0 Å². The van der Waals surface area contributed by atoms with Crippen LogP contribution in [0.15, 0.2) is 36.8 Å². The van der Waals surface area contributed by atoms with E-state index in [2.05, 4.69) is 39.7 Å². The van der Waals surface area contributed by atoms with Crippen molar-refractivity contribution in [2.24, 2.45) is 0 Å². The smallest absolute Gasteiger partial charge is 0.356 e. The van der Waals surface area contributed by atoms with Crippen LogP contribution in [0.2, 0.25) is 0 Å². The lowest BCUT2D eigenvalue weighted by Crippen LogP contribution is -2.15. The summed E-state index contributed by atoms with van der Waals surface area (Å²) in [5.74, 6) is -0.336. The quantitative estimate of drug-likeness (QED) is 0.613. The molecule has 0 N–H and O–H groups in total. The highest BCUT2D eigenvalue weighted by atomic mass is 127. The number of carbonyl (C=O) groups is 1. The minimum Gasteiger partial charge on any atom is -0.461 e. The fourth-order valence-electron chi connectivity index (χ4n) is 1.88. The Hall–Kier alpha value is -1.37. The van der Waals surface area contributed by atoms with Gasteiger partial charge in [0.2, 0.25) is 0 Å². The molecule has 0 saturated heterocycles. The Morgan fingerprint density at radius 1 is 1.42 bits per heavy atom. The highest BCUT2D eigenvalue weighted by molar-refractivity contribution is 14.1. The SMILES string of the molecule is CCOC(=O)c1cncn1[C@H](C)c1ccc(I)cc1. The number of hydrogen-bond donors (Lipinski definition) is 0. The van der Waals surface area contributed by atoms with Crippen LogP contribution in [0.5, 0.6) is 0 Å². The van der Waals surface area contributed by atoms with E-state index in [1.807, 2.05) is 23.6 Å². The average molecular weight is 370 g/mol. The molecule has 2 aromatic rings. The molecule has 0 aliphatic carbocycles. The van der Waals surface area contributed by atoms with E-state index in [0.29, 0.717) is 12.3 Å². The third-order valence-corrected chi connectivity index (χ3v) is 3.64. The van der Waals surface area contributed by atoms with Crippen molar-refractivity contribution in [3.63, 3.8) is 0 Å². The molecule has 1 aromatic carbocycles. The second-order valence-corrected chi connectivity index (χ2v) is 5.38. The van der Waals surface area contributed by atoms with Crippen molar-refractivity contribution in [2.75, 3.05) is 6.61 Å². The Morgan fingerprint density at radius 3 is 2.74 bits per heavy atom. The lowest BCUT2D eigenvalue weighted by atomic mass is 10.1. The van der Waals surface area contributed by atoms with Gasteiger partial charge in [-0.25, -0.2) is 9.78 Å². The fraction of sp³-hybridized carbons (Fsp3) is 0.286. The molecule has 0 saturated carbocycles. The summed E-state index contributed by atoms with van der Waals surface area (Å²) in [5, 5.41) is 0. The Bertz CT molecular complexity index is 563. The van der Waals surface area contributed by atoms with Gasteiger partial charge in [-0.2, -0.15) is 0 Å². The molecule has 0 amide bonds. The lowest BCUT2D eigenvalue weighted by molar-refractivity contribution is 0.0512. The molecule has 0 radical (unpaired) electrons. The summed E-state index contributed by atoms with van der Waals surface area (Å²) in [6, 6.07) is 8.25. The van der Waals surface area contributed by atoms with E-state index in [-0.39, 0.29) is 12.0 Å². The van der Waals surface area contributed by atoms with Gasteiger partial charge in [0.25, 0.3) is 0 Å². The molecule has 19 heavy (non-hydrogen) atoms. The van der Waals surface area contributed by atoms with Crippen LogP contribution >= 0.6 is 22.6 Å². The molecular weight excluding hydrogens is 355 g/mol. The molecule has 0 fully saturated rings. The molecule has 5 heteroatoms. The summed E-state index contributed by atoms with van der Waals surface area (Å²) in [5.41, 5.74) is 1.61. The zero-order valence-corrected chi connectivity index (χ0v) is 13.0. The Labute approximate surface area is 125 Å². The standard InChI is InChI=1S/C14H15IN2O2/c1-3-19-14(18)13-8-16-9-17(13)10(2)11-4-6-12(15)7-5-11/h4-10H,3H2,1-2H3/t10-/m1/s1. The number of halogens is 1. The molecular formula is C14H15IN2O2. The van der Waals surface area contributed by atoms with Crippen LogP contribution in [0, 0.1) is 3.57 Å². The molecule has 1 atom stereocenters. The Morgan fingerprint density at radius 2 is 2.11 bits per heavy atom. The van der Waals surface area contributed by atoms with Crippen molar-refractivity contribution >= 4 is 28.6 Å². The number of imidazole rings is 1. The molecule has 1 aromatic heterocycles. The summed E-state index contributed by atoms with van der Waals surface area (Å²) in [7, 11) is 0. The molecule has 0 aliphatic heterocycles. The fourth-order valence-corrected chi connectivity index (χ4v) is 2.24. The van der Waals surface area contributed by atoms with E-state index in [0.717, 1.165) is 5.56 Å². The first-order chi connectivity index (χ1) is 9.13. The first-order valence-electron chi connectivity index (χ1n) is 6.08. The van der Waals surface area contributed by atoms with Gasteiger partial charge in [0.15, 0.2) is 0 Å². The summed E-state index contributed by atoms with van der Waals surface area (Å²) in [6.07, 6.45) is 3.20. The van der Waals surface area contributed by atoms with E-state index < -0.39 is 0 Å². The molecule has 0 unspecified atom stereocenters. The van der Waals surface area contributed by atoms with Gasteiger partial charge in [-0.15, -0.1) is 0 Å². The third-order valence-electron chi connectivity index (χ3n) is 2.92. The summed E-state index contributed by atoms with van der Waals surface area (Å²) < 4.78 is 8.05. The van der Waals surface area contributed by atoms with Crippen molar-refractivity contribution < 1.29 is 9.53 Å². The molecule has 0 spiro atoms. The van der Waals surface area contributed by atoms with E-state index in [1.54, 1.807) is 19.4 Å². The molecule has 2 rings (SSSR count). The van der Waals surface area contributed by atoms with Gasteiger partial charge in [-0.05, 0) is 54.1 Å². The molecule has 1 heterocycles. The lowest BCUT2D eigenvalue weighted by Gasteiger charge is -2.16.